The molecule has 0 aromatic carbocycles. The van der Waals surface area contributed by atoms with Crippen LogP contribution in [0.5, 0.6) is 0 Å². The maximum absolute atomic E-state index is 12.0. The first-order valence-corrected chi connectivity index (χ1v) is 5.95. The van der Waals surface area contributed by atoms with Crippen LogP contribution in [0.3, 0.4) is 0 Å². The Labute approximate surface area is 96.2 Å². The molecule has 0 atom stereocenters. The first kappa shape index (κ1) is 11.2. The van der Waals surface area contributed by atoms with Gasteiger partial charge in [0.1, 0.15) is 6.54 Å². The van der Waals surface area contributed by atoms with Gasteiger partial charge in [0.05, 0.1) is 5.69 Å². The first-order chi connectivity index (χ1) is 7.66. The predicted octanol–water partition coefficient (Wildman–Crippen LogP) is 1.51. The smallest absolute Gasteiger partial charge is 0.244 e. The van der Waals surface area contributed by atoms with Gasteiger partial charge in [0.25, 0.3) is 0 Å². The standard InChI is InChI=1S/C12H19N3O/c1-10-8-11(2)15(13-10)9-12(16)14-6-4-3-5-7-14/h8H,3-7,9H2,1-2H3. The molecule has 0 radical (unpaired) electrons. The normalized spacial score (nSPS) is 16.5. The zero-order valence-electron chi connectivity index (χ0n) is 10.1. The van der Waals surface area contributed by atoms with Gasteiger partial charge in [-0.05, 0) is 39.2 Å². The van der Waals surface area contributed by atoms with Gasteiger partial charge in [0.2, 0.25) is 5.91 Å². The third-order valence-electron chi connectivity index (χ3n) is 3.10. The molecule has 0 unspecified atom stereocenters. The summed E-state index contributed by atoms with van der Waals surface area (Å²) < 4.78 is 1.80. The summed E-state index contributed by atoms with van der Waals surface area (Å²) in [7, 11) is 0. The van der Waals surface area contributed by atoms with Crippen molar-refractivity contribution in [3.05, 3.63) is 17.5 Å². The van der Waals surface area contributed by atoms with Crippen LogP contribution < -0.4 is 0 Å². The quantitative estimate of drug-likeness (QED) is 0.759. The fourth-order valence-electron chi connectivity index (χ4n) is 2.21. The molecule has 0 bridgehead atoms. The van der Waals surface area contributed by atoms with E-state index in [9.17, 15) is 4.79 Å². The Balaban J connectivity index is 1.98. The van der Waals surface area contributed by atoms with Crippen LogP contribution in [0.25, 0.3) is 0 Å². The van der Waals surface area contributed by atoms with E-state index in [1.54, 1.807) is 4.68 Å². The lowest BCUT2D eigenvalue weighted by atomic mass is 10.1. The van der Waals surface area contributed by atoms with Crippen molar-refractivity contribution >= 4 is 5.91 Å². The van der Waals surface area contributed by atoms with Crippen molar-refractivity contribution in [2.45, 2.75) is 39.7 Å². The van der Waals surface area contributed by atoms with Crippen LogP contribution in [-0.4, -0.2) is 33.7 Å². The molecule has 2 rings (SSSR count). The number of amides is 1. The van der Waals surface area contributed by atoms with Gasteiger partial charge >= 0.3 is 0 Å². The van der Waals surface area contributed by atoms with E-state index >= 15 is 0 Å². The minimum Gasteiger partial charge on any atom is -0.341 e. The van der Waals surface area contributed by atoms with E-state index in [1.165, 1.54) is 6.42 Å². The second-order valence-corrected chi connectivity index (χ2v) is 4.53. The van der Waals surface area contributed by atoms with Crippen LogP contribution in [0.1, 0.15) is 30.7 Å². The number of likely N-dealkylation sites (tertiary alicyclic amines) is 1. The Morgan fingerprint density at radius 2 is 2.00 bits per heavy atom. The van der Waals surface area contributed by atoms with E-state index in [-0.39, 0.29) is 5.91 Å². The van der Waals surface area contributed by atoms with Gasteiger partial charge in [0, 0.05) is 18.8 Å². The van der Waals surface area contributed by atoms with Crippen molar-refractivity contribution in [2.24, 2.45) is 0 Å². The van der Waals surface area contributed by atoms with E-state index in [0.29, 0.717) is 6.54 Å². The highest BCUT2D eigenvalue weighted by atomic mass is 16.2. The van der Waals surface area contributed by atoms with Crippen LogP contribution in [0.15, 0.2) is 6.07 Å². The summed E-state index contributed by atoms with van der Waals surface area (Å²) in [5.74, 6) is 0.200. The van der Waals surface area contributed by atoms with Crippen molar-refractivity contribution in [1.29, 1.82) is 0 Å². The minimum absolute atomic E-state index is 0.200. The lowest BCUT2D eigenvalue weighted by Gasteiger charge is -2.26. The van der Waals surface area contributed by atoms with E-state index in [2.05, 4.69) is 5.10 Å². The number of nitrogens with zero attached hydrogens (tertiary/aromatic N) is 3. The molecule has 1 amide bonds. The number of piperidine rings is 1. The summed E-state index contributed by atoms with van der Waals surface area (Å²) in [5, 5.41) is 4.31. The topological polar surface area (TPSA) is 38.1 Å². The van der Waals surface area contributed by atoms with Crippen LogP contribution in [-0.2, 0) is 11.3 Å². The van der Waals surface area contributed by atoms with Crippen LogP contribution >= 0.6 is 0 Å². The third-order valence-corrected chi connectivity index (χ3v) is 3.10. The molecule has 0 saturated carbocycles. The van der Waals surface area contributed by atoms with Gasteiger partial charge in [-0.15, -0.1) is 0 Å². The Hall–Kier alpha value is -1.32. The Morgan fingerprint density at radius 1 is 1.31 bits per heavy atom. The fraction of sp³-hybridized carbons (Fsp3) is 0.667. The SMILES string of the molecule is Cc1cc(C)n(CC(=O)N2CCCCC2)n1. The van der Waals surface area contributed by atoms with Crippen LogP contribution in [0.4, 0.5) is 0 Å². The molecule has 16 heavy (non-hydrogen) atoms. The van der Waals surface area contributed by atoms with Gasteiger partial charge in [-0.1, -0.05) is 0 Å². The van der Waals surface area contributed by atoms with E-state index in [1.807, 2.05) is 24.8 Å². The Morgan fingerprint density at radius 3 is 2.56 bits per heavy atom. The molecule has 2 heterocycles. The summed E-state index contributed by atoms with van der Waals surface area (Å²) >= 11 is 0. The highest BCUT2D eigenvalue weighted by molar-refractivity contribution is 5.76. The number of hydrogen-bond donors (Lipinski definition) is 0. The van der Waals surface area contributed by atoms with E-state index < -0.39 is 0 Å². The van der Waals surface area contributed by atoms with Gasteiger partial charge in [-0.3, -0.25) is 9.48 Å². The number of aromatic nitrogens is 2. The molecule has 1 saturated heterocycles. The molecule has 1 aliphatic rings. The average molecular weight is 221 g/mol. The highest BCUT2D eigenvalue weighted by Gasteiger charge is 2.17. The lowest BCUT2D eigenvalue weighted by Crippen LogP contribution is -2.38. The maximum atomic E-state index is 12.0. The van der Waals surface area contributed by atoms with E-state index in [4.69, 9.17) is 0 Å². The molecule has 4 nitrogen and oxygen atoms in total. The Kier molecular flexibility index (Phi) is 3.27. The molecule has 88 valence electrons. The van der Waals surface area contributed by atoms with Gasteiger partial charge < -0.3 is 4.90 Å². The monoisotopic (exact) mass is 221 g/mol. The summed E-state index contributed by atoms with van der Waals surface area (Å²) in [4.78, 5) is 14.0. The zero-order valence-corrected chi connectivity index (χ0v) is 10.1. The number of hydrogen-bond acceptors (Lipinski definition) is 2. The summed E-state index contributed by atoms with van der Waals surface area (Å²) in [6.45, 7) is 6.16. The zero-order chi connectivity index (χ0) is 11.5. The second kappa shape index (κ2) is 4.68. The van der Waals surface area contributed by atoms with Crippen LogP contribution in [0, 0.1) is 13.8 Å². The molecule has 0 N–H and O–H groups in total. The molecule has 0 spiro atoms. The third kappa shape index (κ3) is 2.43. The predicted molar refractivity (Wildman–Crippen MR) is 62.1 cm³/mol. The molecule has 1 aromatic rings. The number of rotatable bonds is 2. The van der Waals surface area contributed by atoms with Crippen LogP contribution in [0.2, 0.25) is 0 Å². The molecular weight excluding hydrogens is 202 g/mol. The fourth-order valence-corrected chi connectivity index (χ4v) is 2.21. The Bertz CT molecular complexity index is 378. The van der Waals surface area contributed by atoms with Gasteiger partial charge in [-0.25, -0.2) is 0 Å². The molecule has 0 aliphatic carbocycles. The number of carbonyl (C=O) groups is 1. The maximum Gasteiger partial charge on any atom is 0.244 e. The molecule has 4 heteroatoms. The molecule has 1 aromatic heterocycles. The molecule has 1 aliphatic heterocycles. The molecular formula is C12H19N3O. The first-order valence-electron chi connectivity index (χ1n) is 5.95. The van der Waals surface area contributed by atoms with Crippen molar-refractivity contribution in [3.63, 3.8) is 0 Å². The van der Waals surface area contributed by atoms with Gasteiger partial charge in [-0.2, -0.15) is 5.10 Å². The number of carbonyl (C=O) groups excluding carboxylic acids is 1. The largest absolute Gasteiger partial charge is 0.341 e. The summed E-state index contributed by atoms with van der Waals surface area (Å²) in [6.07, 6.45) is 3.54. The van der Waals surface area contributed by atoms with E-state index in [0.717, 1.165) is 37.3 Å². The number of aryl methyl sites for hydroxylation is 2. The second-order valence-electron chi connectivity index (χ2n) is 4.53. The van der Waals surface area contributed by atoms with Crippen molar-refractivity contribution in [3.8, 4) is 0 Å². The van der Waals surface area contributed by atoms with Crippen molar-refractivity contribution in [2.75, 3.05) is 13.1 Å². The lowest BCUT2D eigenvalue weighted by molar-refractivity contribution is -0.132. The highest BCUT2D eigenvalue weighted by Crippen LogP contribution is 2.10. The molecule has 1 fully saturated rings. The van der Waals surface area contributed by atoms with Gasteiger partial charge in [0.15, 0.2) is 0 Å². The summed E-state index contributed by atoms with van der Waals surface area (Å²) in [5.41, 5.74) is 2.03. The average Bonchev–Trinajstić information content (AvgIpc) is 2.59. The summed E-state index contributed by atoms with van der Waals surface area (Å²) in [6, 6.07) is 2.00. The van der Waals surface area contributed by atoms with Crippen molar-refractivity contribution in [1.82, 2.24) is 14.7 Å². The van der Waals surface area contributed by atoms with Crippen molar-refractivity contribution < 1.29 is 4.79 Å². The minimum atomic E-state index is 0.200.